The highest BCUT2D eigenvalue weighted by molar-refractivity contribution is 6.30. The van der Waals surface area contributed by atoms with Gasteiger partial charge < -0.3 is 9.73 Å². The first-order chi connectivity index (χ1) is 13.2. The summed E-state index contributed by atoms with van der Waals surface area (Å²) in [6.45, 7) is 0.458. The molecule has 1 aliphatic carbocycles. The van der Waals surface area contributed by atoms with Crippen LogP contribution in [0.25, 0.3) is 11.5 Å². The predicted octanol–water partition coefficient (Wildman–Crippen LogP) is 5.12. The molecular formula is C22H21ClN2O2. The van der Waals surface area contributed by atoms with Crippen molar-refractivity contribution in [1.29, 1.82) is 0 Å². The second-order valence-electron chi connectivity index (χ2n) is 7.01. The Hall–Kier alpha value is -2.59. The van der Waals surface area contributed by atoms with Crippen LogP contribution in [-0.2, 0) is 16.8 Å². The van der Waals surface area contributed by atoms with Crippen LogP contribution in [0.4, 0.5) is 0 Å². The van der Waals surface area contributed by atoms with Gasteiger partial charge in [-0.05, 0) is 54.3 Å². The van der Waals surface area contributed by atoms with Gasteiger partial charge in [-0.25, -0.2) is 0 Å². The van der Waals surface area contributed by atoms with E-state index in [-0.39, 0.29) is 5.91 Å². The molecular weight excluding hydrogens is 360 g/mol. The molecule has 27 heavy (non-hydrogen) atoms. The standard InChI is InChI=1S/C22H21ClN2O2/c23-18-8-6-17(7-9-18)22(11-1-2-12-22)21(26)25-15-16-5-10-19(24-14-16)20-4-3-13-27-20/h3-10,13-14H,1-2,11-12,15H2,(H,25,26). The molecule has 1 amide bonds. The Bertz CT molecular complexity index is 897. The van der Waals surface area contributed by atoms with Gasteiger partial charge in [-0.3, -0.25) is 9.78 Å². The van der Waals surface area contributed by atoms with Gasteiger partial charge >= 0.3 is 0 Å². The number of halogens is 1. The lowest BCUT2D eigenvalue weighted by Crippen LogP contribution is -2.42. The van der Waals surface area contributed by atoms with E-state index in [0.717, 1.165) is 48.3 Å². The number of rotatable bonds is 5. The fraction of sp³-hybridized carbons (Fsp3) is 0.273. The third kappa shape index (κ3) is 3.62. The van der Waals surface area contributed by atoms with E-state index in [2.05, 4.69) is 10.3 Å². The number of carbonyl (C=O) groups excluding carboxylic acids is 1. The number of amides is 1. The minimum Gasteiger partial charge on any atom is -0.463 e. The highest BCUT2D eigenvalue weighted by Crippen LogP contribution is 2.41. The molecule has 4 nitrogen and oxygen atoms in total. The SMILES string of the molecule is O=C(NCc1ccc(-c2ccco2)nc1)C1(c2ccc(Cl)cc2)CCCC1. The number of hydrogen-bond donors (Lipinski definition) is 1. The normalized spacial score (nSPS) is 15.6. The molecule has 0 atom stereocenters. The van der Waals surface area contributed by atoms with E-state index in [1.165, 1.54) is 0 Å². The molecule has 2 aromatic heterocycles. The van der Waals surface area contributed by atoms with Crippen LogP contribution in [0.2, 0.25) is 5.02 Å². The van der Waals surface area contributed by atoms with Crippen molar-refractivity contribution in [2.75, 3.05) is 0 Å². The summed E-state index contributed by atoms with van der Waals surface area (Å²) in [6.07, 6.45) is 7.28. The Kier molecular flexibility index (Phi) is 4.99. The van der Waals surface area contributed by atoms with Gasteiger partial charge in [0.15, 0.2) is 5.76 Å². The third-order valence-electron chi connectivity index (χ3n) is 5.34. The van der Waals surface area contributed by atoms with Crippen LogP contribution in [0.5, 0.6) is 0 Å². The predicted molar refractivity (Wildman–Crippen MR) is 105 cm³/mol. The smallest absolute Gasteiger partial charge is 0.230 e. The van der Waals surface area contributed by atoms with Gasteiger partial charge in [-0.15, -0.1) is 0 Å². The maximum atomic E-state index is 13.1. The summed E-state index contributed by atoms with van der Waals surface area (Å²) in [4.78, 5) is 17.5. The highest BCUT2D eigenvalue weighted by atomic mass is 35.5. The molecule has 0 aliphatic heterocycles. The van der Waals surface area contributed by atoms with Crippen molar-refractivity contribution in [2.24, 2.45) is 0 Å². The molecule has 0 radical (unpaired) electrons. The van der Waals surface area contributed by atoms with E-state index < -0.39 is 5.41 Å². The summed E-state index contributed by atoms with van der Waals surface area (Å²) < 4.78 is 5.35. The summed E-state index contributed by atoms with van der Waals surface area (Å²) in [5, 5.41) is 3.80. The molecule has 1 saturated carbocycles. The van der Waals surface area contributed by atoms with Gasteiger partial charge in [-0.2, -0.15) is 0 Å². The highest BCUT2D eigenvalue weighted by Gasteiger charge is 2.42. The number of pyridine rings is 1. The first kappa shape index (κ1) is 17.8. The number of carbonyl (C=O) groups is 1. The minimum absolute atomic E-state index is 0.0810. The van der Waals surface area contributed by atoms with E-state index in [4.69, 9.17) is 16.0 Å². The van der Waals surface area contributed by atoms with Crippen molar-refractivity contribution in [3.8, 4) is 11.5 Å². The number of benzene rings is 1. The second-order valence-corrected chi connectivity index (χ2v) is 7.44. The zero-order chi connectivity index (χ0) is 18.7. The molecule has 0 spiro atoms. The number of hydrogen-bond acceptors (Lipinski definition) is 3. The number of furan rings is 1. The van der Waals surface area contributed by atoms with Crippen molar-refractivity contribution in [1.82, 2.24) is 10.3 Å². The monoisotopic (exact) mass is 380 g/mol. The number of nitrogens with one attached hydrogen (secondary N) is 1. The molecule has 1 N–H and O–H groups in total. The van der Waals surface area contributed by atoms with E-state index in [1.54, 1.807) is 12.5 Å². The third-order valence-corrected chi connectivity index (χ3v) is 5.59. The van der Waals surface area contributed by atoms with Crippen LogP contribution < -0.4 is 5.32 Å². The second kappa shape index (κ2) is 7.57. The molecule has 1 fully saturated rings. The molecule has 2 heterocycles. The molecule has 138 valence electrons. The molecule has 0 unspecified atom stereocenters. The Morgan fingerprint density at radius 2 is 1.89 bits per heavy atom. The fourth-order valence-corrected chi connectivity index (χ4v) is 3.97. The Balaban J connectivity index is 1.46. The van der Waals surface area contributed by atoms with Crippen LogP contribution >= 0.6 is 11.6 Å². The van der Waals surface area contributed by atoms with Crippen LogP contribution in [0.15, 0.2) is 65.4 Å². The average molecular weight is 381 g/mol. The van der Waals surface area contributed by atoms with E-state index in [9.17, 15) is 4.79 Å². The minimum atomic E-state index is -0.452. The topological polar surface area (TPSA) is 55.1 Å². The first-order valence-electron chi connectivity index (χ1n) is 9.21. The Labute approximate surface area is 163 Å². The van der Waals surface area contributed by atoms with Crippen LogP contribution in [0.1, 0.15) is 36.8 Å². The zero-order valence-electron chi connectivity index (χ0n) is 15.0. The lowest BCUT2D eigenvalue weighted by molar-refractivity contribution is -0.126. The van der Waals surface area contributed by atoms with Crippen LogP contribution in [0.3, 0.4) is 0 Å². The Morgan fingerprint density at radius 3 is 2.52 bits per heavy atom. The van der Waals surface area contributed by atoms with Crippen LogP contribution in [0, 0.1) is 0 Å². The maximum Gasteiger partial charge on any atom is 0.230 e. The molecule has 5 heteroatoms. The van der Waals surface area contributed by atoms with Crippen molar-refractivity contribution in [3.63, 3.8) is 0 Å². The quantitative estimate of drug-likeness (QED) is 0.668. The first-order valence-corrected chi connectivity index (χ1v) is 9.58. The van der Waals surface area contributed by atoms with E-state index in [1.807, 2.05) is 48.5 Å². The van der Waals surface area contributed by atoms with Crippen molar-refractivity contribution >= 4 is 17.5 Å². The van der Waals surface area contributed by atoms with Gasteiger partial charge in [0.05, 0.1) is 11.7 Å². The summed E-state index contributed by atoms with van der Waals surface area (Å²) in [5.74, 6) is 0.815. The van der Waals surface area contributed by atoms with Crippen LogP contribution in [-0.4, -0.2) is 10.9 Å². The molecule has 0 bridgehead atoms. The summed E-state index contributed by atoms with van der Waals surface area (Å²) >= 11 is 6.02. The van der Waals surface area contributed by atoms with Gasteiger partial charge in [-0.1, -0.05) is 42.6 Å². The lowest BCUT2D eigenvalue weighted by atomic mass is 9.78. The summed E-state index contributed by atoms with van der Waals surface area (Å²) in [6, 6.07) is 15.3. The van der Waals surface area contributed by atoms with Gasteiger partial charge in [0, 0.05) is 17.8 Å². The van der Waals surface area contributed by atoms with Crippen molar-refractivity contribution in [3.05, 3.63) is 77.1 Å². The molecule has 1 aromatic carbocycles. The lowest BCUT2D eigenvalue weighted by Gasteiger charge is -2.28. The van der Waals surface area contributed by atoms with Gasteiger partial charge in [0.2, 0.25) is 5.91 Å². The van der Waals surface area contributed by atoms with E-state index >= 15 is 0 Å². The number of nitrogens with zero attached hydrogens (tertiary/aromatic N) is 1. The fourth-order valence-electron chi connectivity index (χ4n) is 3.84. The van der Waals surface area contributed by atoms with Gasteiger partial charge in [0.1, 0.15) is 5.69 Å². The van der Waals surface area contributed by atoms with Crippen molar-refractivity contribution < 1.29 is 9.21 Å². The molecule has 4 rings (SSSR count). The summed E-state index contributed by atoms with van der Waals surface area (Å²) in [7, 11) is 0. The largest absolute Gasteiger partial charge is 0.463 e. The molecule has 0 saturated heterocycles. The zero-order valence-corrected chi connectivity index (χ0v) is 15.7. The van der Waals surface area contributed by atoms with E-state index in [0.29, 0.717) is 11.6 Å². The average Bonchev–Trinajstić information content (AvgIpc) is 3.40. The Morgan fingerprint density at radius 1 is 1.11 bits per heavy atom. The van der Waals surface area contributed by atoms with Gasteiger partial charge in [0.25, 0.3) is 0 Å². The molecule has 3 aromatic rings. The number of aromatic nitrogens is 1. The molecule has 1 aliphatic rings. The summed E-state index contributed by atoms with van der Waals surface area (Å²) in [5.41, 5.74) is 2.34. The van der Waals surface area contributed by atoms with Crippen molar-refractivity contribution in [2.45, 2.75) is 37.6 Å². The maximum absolute atomic E-state index is 13.1.